The Morgan fingerprint density at radius 2 is 1.92 bits per heavy atom. The molecule has 25 heavy (non-hydrogen) atoms. The van der Waals surface area contributed by atoms with E-state index in [-0.39, 0.29) is 17.2 Å². The van der Waals surface area contributed by atoms with Crippen molar-refractivity contribution >= 4 is 32.7 Å². The third-order valence-corrected chi connectivity index (χ3v) is 7.26. The Kier molecular flexibility index (Phi) is 5.55. The van der Waals surface area contributed by atoms with Gasteiger partial charge in [0.1, 0.15) is 16.7 Å². The molecule has 0 aliphatic carbocycles. The monoisotopic (exact) mass is 395 g/mol. The number of methoxy groups -OCH3 is 1. The van der Waals surface area contributed by atoms with Crippen molar-refractivity contribution in [1.29, 1.82) is 0 Å². The van der Waals surface area contributed by atoms with Gasteiger partial charge in [-0.25, -0.2) is 13.1 Å². The van der Waals surface area contributed by atoms with Crippen LogP contribution in [0.4, 0.5) is 0 Å². The van der Waals surface area contributed by atoms with Crippen LogP contribution >= 0.6 is 22.7 Å². The van der Waals surface area contributed by atoms with E-state index in [9.17, 15) is 13.5 Å². The van der Waals surface area contributed by atoms with E-state index in [1.807, 2.05) is 29.6 Å². The zero-order valence-electron chi connectivity index (χ0n) is 13.4. The highest BCUT2D eigenvalue weighted by Gasteiger charge is 2.21. The van der Waals surface area contributed by atoms with Crippen molar-refractivity contribution in [3.63, 3.8) is 0 Å². The number of benzene rings is 1. The van der Waals surface area contributed by atoms with E-state index in [0.29, 0.717) is 4.88 Å². The maximum absolute atomic E-state index is 12.4. The van der Waals surface area contributed by atoms with Crippen molar-refractivity contribution < 1.29 is 18.3 Å². The number of rotatable bonds is 7. The molecule has 2 heterocycles. The summed E-state index contributed by atoms with van der Waals surface area (Å²) in [5.41, 5.74) is 0. The summed E-state index contributed by atoms with van der Waals surface area (Å²) in [5.74, 6) is 0.264. The smallest absolute Gasteiger partial charge is 0.244 e. The van der Waals surface area contributed by atoms with E-state index in [1.165, 1.54) is 24.5 Å². The zero-order valence-corrected chi connectivity index (χ0v) is 15.8. The van der Waals surface area contributed by atoms with Crippen LogP contribution < -0.4 is 9.46 Å². The molecule has 0 aliphatic rings. The highest BCUT2D eigenvalue weighted by atomic mass is 32.2. The Labute approximate surface area is 154 Å². The first-order chi connectivity index (χ1) is 12.0. The first-order valence-corrected chi connectivity index (χ1v) is 10.6. The second kappa shape index (κ2) is 7.67. The molecule has 0 spiro atoms. The van der Waals surface area contributed by atoms with Crippen LogP contribution in [0.2, 0.25) is 0 Å². The first kappa shape index (κ1) is 18.1. The number of hydrogen-bond acceptors (Lipinski definition) is 6. The fraction of sp³-hybridized carbons (Fsp3) is 0.176. The molecule has 8 heteroatoms. The van der Waals surface area contributed by atoms with Crippen molar-refractivity contribution in [2.45, 2.75) is 11.0 Å². The minimum atomic E-state index is -3.77. The van der Waals surface area contributed by atoms with Crippen LogP contribution in [0.3, 0.4) is 0 Å². The van der Waals surface area contributed by atoms with Gasteiger partial charge in [-0.2, -0.15) is 0 Å². The van der Waals surface area contributed by atoms with Crippen LogP contribution in [0, 0.1) is 0 Å². The average Bonchev–Trinajstić information content (AvgIpc) is 3.30. The molecular formula is C17H17NO4S3. The average molecular weight is 396 g/mol. The zero-order chi connectivity index (χ0) is 17.9. The molecule has 1 aromatic carbocycles. The van der Waals surface area contributed by atoms with Crippen LogP contribution in [0.1, 0.15) is 11.0 Å². The maximum atomic E-state index is 12.4. The molecule has 2 aromatic heterocycles. The topological polar surface area (TPSA) is 75.6 Å². The van der Waals surface area contributed by atoms with E-state index < -0.39 is 16.1 Å². The fourth-order valence-corrected chi connectivity index (χ4v) is 5.33. The number of aliphatic hydroxyl groups is 1. The van der Waals surface area contributed by atoms with E-state index in [4.69, 9.17) is 4.74 Å². The lowest BCUT2D eigenvalue weighted by Gasteiger charge is -2.13. The fourth-order valence-electron chi connectivity index (χ4n) is 2.29. The number of para-hydroxylation sites is 1. The third kappa shape index (κ3) is 4.10. The Balaban J connectivity index is 1.70. The van der Waals surface area contributed by atoms with Gasteiger partial charge in [-0.05, 0) is 35.7 Å². The van der Waals surface area contributed by atoms with Gasteiger partial charge in [0.2, 0.25) is 10.0 Å². The Bertz CT molecular complexity index is 932. The summed E-state index contributed by atoms with van der Waals surface area (Å²) in [7, 11) is -2.35. The lowest BCUT2D eigenvalue weighted by Crippen LogP contribution is -2.28. The normalized spacial score (nSPS) is 12.9. The predicted molar refractivity (Wildman–Crippen MR) is 101 cm³/mol. The van der Waals surface area contributed by atoms with Crippen LogP contribution in [0.5, 0.6) is 5.75 Å². The van der Waals surface area contributed by atoms with Crippen molar-refractivity contribution in [3.8, 4) is 15.5 Å². The number of hydrogen-bond donors (Lipinski definition) is 2. The van der Waals surface area contributed by atoms with Gasteiger partial charge in [0, 0.05) is 21.2 Å². The number of nitrogens with one attached hydrogen (secondary N) is 1. The minimum absolute atomic E-state index is 0.0511. The van der Waals surface area contributed by atoms with Gasteiger partial charge < -0.3 is 9.84 Å². The second-order valence-corrected chi connectivity index (χ2v) is 9.00. The van der Waals surface area contributed by atoms with Crippen molar-refractivity contribution in [2.75, 3.05) is 13.7 Å². The summed E-state index contributed by atoms with van der Waals surface area (Å²) in [5, 5.41) is 12.3. The van der Waals surface area contributed by atoms with Gasteiger partial charge in [-0.15, -0.1) is 22.7 Å². The molecule has 132 valence electrons. The summed E-state index contributed by atoms with van der Waals surface area (Å²) in [4.78, 5) is 2.94. The first-order valence-electron chi connectivity index (χ1n) is 7.45. The third-order valence-electron chi connectivity index (χ3n) is 3.54. The summed E-state index contributed by atoms with van der Waals surface area (Å²) in [6, 6.07) is 14.1. The van der Waals surface area contributed by atoms with Gasteiger partial charge in [0.05, 0.1) is 7.11 Å². The summed E-state index contributed by atoms with van der Waals surface area (Å²) in [6.45, 7) is -0.106. The molecular weight excluding hydrogens is 378 g/mol. The Hall–Kier alpha value is -1.71. The number of sulfonamides is 1. The molecule has 0 fully saturated rings. The van der Waals surface area contributed by atoms with Gasteiger partial charge in [-0.1, -0.05) is 18.2 Å². The van der Waals surface area contributed by atoms with Crippen molar-refractivity contribution in [2.24, 2.45) is 0 Å². The standard InChI is InChI=1S/C17H17NO4S3/c1-22-13-5-2-3-7-17(13)25(20,21)18-11-12(19)14-8-9-16(24-14)15-6-4-10-23-15/h2-10,12,18-19H,11H2,1H3. The van der Waals surface area contributed by atoms with E-state index in [2.05, 4.69) is 4.72 Å². The molecule has 0 radical (unpaired) electrons. The number of thiophene rings is 2. The molecule has 1 atom stereocenters. The van der Waals surface area contributed by atoms with Crippen LogP contribution in [-0.2, 0) is 10.0 Å². The van der Waals surface area contributed by atoms with Gasteiger partial charge in [0.25, 0.3) is 0 Å². The Morgan fingerprint density at radius 1 is 1.12 bits per heavy atom. The highest BCUT2D eigenvalue weighted by molar-refractivity contribution is 7.89. The van der Waals surface area contributed by atoms with Gasteiger partial charge in [0.15, 0.2) is 0 Å². The quantitative estimate of drug-likeness (QED) is 0.642. The molecule has 0 saturated heterocycles. The minimum Gasteiger partial charge on any atom is -0.495 e. The molecule has 0 amide bonds. The van der Waals surface area contributed by atoms with Crippen LogP contribution in [-0.4, -0.2) is 27.2 Å². The molecule has 1 unspecified atom stereocenters. The molecule has 3 aromatic rings. The van der Waals surface area contributed by atoms with Crippen molar-refractivity contribution in [1.82, 2.24) is 4.72 Å². The molecule has 0 aliphatic heterocycles. The second-order valence-electron chi connectivity index (χ2n) is 5.20. The molecule has 3 rings (SSSR count). The SMILES string of the molecule is COc1ccccc1S(=O)(=O)NCC(O)c1ccc(-c2cccs2)s1. The number of ether oxygens (including phenoxy) is 1. The Morgan fingerprint density at radius 3 is 2.64 bits per heavy atom. The van der Waals surface area contributed by atoms with Gasteiger partial charge in [-0.3, -0.25) is 0 Å². The summed E-state index contributed by atoms with van der Waals surface area (Å²) < 4.78 is 32.4. The van der Waals surface area contributed by atoms with E-state index in [1.54, 1.807) is 29.5 Å². The van der Waals surface area contributed by atoms with Gasteiger partial charge >= 0.3 is 0 Å². The maximum Gasteiger partial charge on any atom is 0.244 e. The molecule has 5 nitrogen and oxygen atoms in total. The summed E-state index contributed by atoms with van der Waals surface area (Å²) >= 11 is 3.08. The number of aliphatic hydroxyl groups excluding tert-OH is 1. The predicted octanol–water partition coefficient (Wildman–Crippen LogP) is 3.50. The van der Waals surface area contributed by atoms with Crippen LogP contribution in [0.25, 0.3) is 9.75 Å². The lowest BCUT2D eigenvalue weighted by molar-refractivity contribution is 0.185. The van der Waals surface area contributed by atoms with Crippen LogP contribution in [0.15, 0.2) is 58.8 Å². The highest BCUT2D eigenvalue weighted by Crippen LogP contribution is 2.34. The molecule has 2 N–H and O–H groups in total. The van der Waals surface area contributed by atoms with E-state index in [0.717, 1.165) is 9.75 Å². The molecule has 0 bridgehead atoms. The lowest BCUT2D eigenvalue weighted by atomic mass is 10.3. The van der Waals surface area contributed by atoms with E-state index >= 15 is 0 Å². The molecule has 0 saturated carbocycles. The van der Waals surface area contributed by atoms with Crippen molar-refractivity contribution in [3.05, 3.63) is 58.8 Å². The largest absolute Gasteiger partial charge is 0.495 e. The summed E-state index contributed by atoms with van der Waals surface area (Å²) in [6.07, 6.45) is -0.914.